The zero-order valence-electron chi connectivity index (χ0n) is 14.6. The summed E-state index contributed by atoms with van der Waals surface area (Å²) in [5.74, 6) is 6.11. The van der Waals surface area contributed by atoms with Crippen molar-refractivity contribution < 1.29 is 0 Å². The number of nitriles is 1. The third-order valence-electron chi connectivity index (χ3n) is 4.79. The number of aromatic nitrogens is 1. The fourth-order valence-electron chi connectivity index (χ4n) is 3.45. The van der Waals surface area contributed by atoms with Crippen molar-refractivity contribution in [3.8, 4) is 17.9 Å². The van der Waals surface area contributed by atoms with Crippen LogP contribution in [0.2, 0.25) is 0 Å². The van der Waals surface area contributed by atoms with Crippen LogP contribution < -0.4 is 5.32 Å². The van der Waals surface area contributed by atoms with E-state index in [0.29, 0.717) is 6.04 Å². The SMILES string of the molecule is CC#Cc1cc2c(NC3CCN(C)CC3)cccc2n1C(C)C#N. The van der Waals surface area contributed by atoms with Crippen molar-refractivity contribution in [2.45, 2.75) is 38.8 Å². The number of rotatable bonds is 3. The Bertz CT molecular complexity index is 823. The Morgan fingerprint density at radius 2 is 2.04 bits per heavy atom. The number of fused-ring (bicyclic) bond motifs is 1. The molecule has 1 aliphatic heterocycles. The van der Waals surface area contributed by atoms with E-state index >= 15 is 0 Å². The van der Waals surface area contributed by atoms with Gasteiger partial charge in [-0.15, -0.1) is 0 Å². The van der Waals surface area contributed by atoms with Crippen molar-refractivity contribution >= 4 is 16.6 Å². The largest absolute Gasteiger partial charge is 0.382 e. The summed E-state index contributed by atoms with van der Waals surface area (Å²) in [6.45, 7) is 6.01. The number of nitrogens with one attached hydrogen (secondary N) is 1. The quantitative estimate of drug-likeness (QED) is 0.879. The molecule has 1 unspecified atom stereocenters. The van der Waals surface area contributed by atoms with Crippen molar-refractivity contribution in [3.05, 3.63) is 30.0 Å². The first-order valence-electron chi connectivity index (χ1n) is 8.55. The molecule has 0 amide bonds. The van der Waals surface area contributed by atoms with E-state index < -0.39 is 0 Å². The molecule has 2 aromatic rings. The Hall–Kier alpha value is -2.43. The van der Waals surface area contributed by atoms with Gasteiger partial charge in [-0.05, 0) is 70.9 Å². The second-order valence-electron chi connectivity index (χ2n) is 6.54. The fraction of sp³-hybridized carbons (Fsp3) is 0.450. The standard InChI is InChI=1S/C20H24N4/c1-4-6-17-13-18-19(22-16-9-11-23(3)12-10-16)7-5-8-20(18)24(17)15(2)14-21/h5,7-8,13,15-16,22H,9-12H2,1-3H3. The molecule has 1 saturated heterocycles. The molecule has 0 radical (unpaired) electrons. The monoisotopic (exact) mass is 320 g/mol. The predicted molar refractivity (Wildman–Crippen MR) is 99.0 cm³/mol. The van der Waals surface area contributed by atoms with Gasteiger partial charge in [0.2, 0.25) is 0 Å². The third-order valence-corrected chi connectivity index (χ3v) is 4.79. The highest BCUT2D eigenvalue weighted by Crippen LogP contribution is 2.30. The minimum absolute atomic E-state index is 0.239. The second kappa shape index (κ2) is 6.99. The summed E-state index contributed by atoms with van der Waals surface area (Å²) in [6, 6.07) is 11.0. The molecule has 1 aliphatic rings. The summed E-state index contributed by atoms with van der Waals surface area (Å²) in [4.78, 5) is 2.37. The maximum absolute atomic E-state index is 9.37. The van der Waals surface area contributed by atoms with E-state index in [1.54, 1.807) is 0 Å². The van der Waals surface area contributed by atoms with Gasteiger partial charge in [0.05, 0.1) is 17.3 Å². The van der Waals surface area contributed by atoms with Gasteiger partial charge in [-0.25, -0.2) is 0 Å². The minimum Gasteiger partial charge on any atom is -0.382 e. The predicted octanol–water partition coefficient (Wildman–Crippen LogP) is 3.60. The summed E-state index contributed by atoms with van der Waals surface area (Å²) in [5, 5.41) is 14.2. The molecule has 1 aromatic heterocycles. The fourth-order valence-corrected chi connectivity index (χ4v) is 3.45. The van der Waals surface area contributed by atoms with Crippen molar-refractivity contribution in [3.63, 3.8) is 0 Å². The molecule has 0 aliphatic carbocycles. The molecule has 124 valence electrons. The van der Waals surface area contributed by atoms with E-state index in [9.17, 15) is 5.26 Å². The number of nitrogens with zero attached hydrogens (tertiary/aromatic N) is 3. The molecule has 1 aromatic carbocycles. The molecule has 4 nitrogen and oxygen atoms in total. The van der Waals surface area contributed by atoms with E-state index in [1.807, 2.05) is 18.4 Å². The van der Waals surface area contributed by atoms with Crippen molar-refractivity contribution in [2.75, 3.05) is 25.5 Å². The first kappa shape index (κ1) is 16.4. The van der Waals surface area contributed by atoms with Crippen LogP contribution in [-0.4, -0.2) is 35.6 Å². The molecule has 0 bridgehead atoms. The van der Waals surface area contributed by atoms with Crippen LogP contribution in [-0.2, 0) is 0 Å². The lowest BCUT2D eigenvalue weighted by Crippen LogP contribution is -2.36. The van der Waals surface area contributed by atoms with E-state index in [-0.39, 0.29) is 6.04 Å². The molecule has 24 heavy (non-hydrogen) atoms. The number of anilines is 1. The second-order valence-corrected chi connectivity index (χ2v) is 6.54. The van der Waals surface area contributed by atoms with Crippen LogP contribution in [0.3, 0.4) is 0 Å². The van der Waals surface area contributed by atoms with Gasteiger partial charge in [0.1, 0.15) is 6.04 Å². The first-order chi connectivity index (χ1) is 11.6. The van der Waals surface area contributed by atoms with Crippen LogP contribution in [0.5, 0.6) is 0 Å². The van der Waals surface area contributed by atoms with Crippen molar-refractivity contribution in [2.24, 2.45) is 0 Å². The highest BCUT2D eigenvalue weighted by molar-refractivity contribution is 5.94. The van der Waals surface area contributed by atoms with Crippen LogP contribution in [0.25, 0.3) is 10.9 Å². The zero-order valence-corrected chi connectivity index (χ0v) is 14.6. The van der Waals surface area contributed by atoms with Gasteiger partial charge in [-0.2, -0.15) is 5.26 Å². The summed E-state index contributed by atoms with van der Waals surface area (Å²) < 4.78 is 2.03. The Morgan fingerprint density at radius 1 is 1.29 bits per heavy atom. The Labute approximate surface area is 144 Å². The van der Waals surface area contributed by atoms with Crippen LogP contribution in [0.15, 0.2) is 24.3 Å². The molecule has 3 rings (SSSR count). The van der Waals surface area contributed by atoms with Gasteiger partial charge in [0.25, 0.3) is 0 Å². The van der Waals surface area contributed by atoms with Gasteiger partial charge in [-0.1, -0.05) is 12.0 Å². The lowest BCUT2D eigenvalue weighted by Gasteiger charge is -2.30. The topological polar surface area (TPSA) is 44.0 Å². The average molecular weight is 320 g/mol. The third kappa shape index (κ3) is 3.11. The molecule has 0 spiro atoms. The van der Waals surface area contributed by atoms with Gasteiger partial charge < -0.3 is 14.8 Å². The minimum atomic E-state index is -0.239. The number of hydrogen-bond acceptors (Lipinski definition) is 3. The van der Waals surface area contributed by atoms with Crippen LogP contribution >= 0.6 is 0 Å². The first-order valence-corrected chi connectivity index (χ1v) is 8.55. The van der Waals surface area contributed by atoms with Crippen molar-refractivity contribution in [1.82, 2.24) is 9.47 Å². The van der Waals surface area contributed by atoms with Crippen LogP contribution in [0, 0.1) is 23.2 Å². The van der Waals surface area contributed by atoms with Gasteiger partial charge in [-0.3, -0.25) is 0 Å². The molecule has 1 atom stereocenters. The van der Waals surface area contributed by atoms with E-state index in [2.05, 4.69) is 59.4 Å². The number of hydrogen-bond donors (Lipinski definition) is 1. The van der Waals surface area contributed by atoms with Gasteiger partial charge >= 0.3 is 0 Å². The van der Waals surface area contributed by atoms with Crippen LogP contribution in [0.4, 0.5) is 5.69 Å². The Kier molecular flexibility index (Phi) is 4.79. The molecular formula is C20H24N4. The van der Waals surface area contributed by atoms with E-state index in [0.717, 1.165) is 48.2 Å². The molecule has 1 N–H and O–H groups in total. The molecule has 2 heterocycles. The van der Waals surface area contributed by atoms with E-state index in [1.165, 1.54) is 0 Å². The molecule has 0 saturated carbocycles. The maximum atomic E-state index is 9.37. The zero-order chi connectivity index (χ0) is 17.1. The van der Waals surface area contributed by atoms with Gasteiger partial charge in [0, 0.05) is 17.1 Å². The highest BCUT2D eigenvalue weighted by atomic mass is 15.1. The summed E-state index contributed by atoms with van der Waals surface area (Å²) in [7, 11) is 2.18. The summed E-state index contributed by atoms with van der Waals surface area (Å²) >= 11 is 0. The number of piperidine rings is 1. The number of benzene rings is 1. The van der Waals surface area contributed by atoms with Crippen LogP contribution in [0.1, 0.15) is 38.4 Å². The summed E-state index contributed by atoms with van der Waals surface area (Å²) in [5.41, 5.74) is 3.11. The Balaban J connectivity index is 2.00. The number of likely N-dealkylation sites (tertiary alicyclic amines) is 1. The molecule has 1 fully saturated rings. The lowest BCUT2D eigenvalue weighted by atomic mass is 10.0. The van der Waals surface area contributed by atoms with Gasteiger partial charge in [0.15, 0.2) is 0 Å². The normalized spacial score (nSPS) is 17.1. The van der Waals surface area contributed by atoms with E-state index in [4.69, 9.17) is 0 Å². The smallest absolute Gasteiger partial charge is 0.119 e. The maximum Gasteiger partial charge on any atom is 0.119 e. The Morgan fingerprint density at radius 3 is 2.71 bits per heavy atom. The molecular weight excluding hydrogens is 296 g/mol. The van der Waals surface area contributed by atoms with Crippen molar-refractivity contribution in [1.29, 1.82) is 5.26 Å². The lowest BCUT2D eigenvalue weighted by molar-refractivity contribution is 0.264. The average Bonchev–Trinajstić information content (AvgIpc) is 2.96. The molecule has 4 heteroatoms. The summed E-state index contributed by atoms with van der Waals surface area (Å²) in [6.07, 6.45) is 2.31. The highest BCUT2D eigenvalue weighted by Gasteiger charge is 2.19.